The summed E-state index contributed by atoms with van der Waals surface area (Å²) in [4.78, 5) is 26.2. The van der Waals surface area contributed by atoms with Gasteiger partial charge in [0.25, 0.3) is 12.0 Å². The average Bonchev–Trinajstić information content (AvgIpc) is 3.34. The fourth-order valence-electron chi connectivity index (χ4n) is 4.74. The topological polar surface area (TPSA) is 77.1 Å². The number of nitrogens with zero attached hydrogens (tertiary/aromatic N) is 5. The Balaban J connectivity index is 1.74. The van der Waals surface area contributed by atoms with Crippen LogP contribution in [0.1, 0.15) is 56.2 Å². The van der Waals surface area contributed by atoms with Gasteiger partial charge in [0, 0.05) is 48.1 Å². The molecule has 0 amide bonds. The predicted octanol–water partition coefficient (Wildman–Crippen LogP) is 5.27. The molecule has 37 heavy (non-hydrogen) atoms. The number of aryl methyl sites for hydroxylation is 1. The van der Waals surface area contributed by atoms with Crippen molar-refractivity contribution in [3.63, 3.8) is 0 Å². The fourth-order valence-corrected chi connectivity index (χ4v) is 4.74. The summed E-state index contributed by atoms with van der Waals surface area (Å²) in [5, 5.41) is 3.42. The van der Waals surface area contributed by atoms with Crippen LogP contribution in [-0.2, 0) is 6.54 Å². The van der Waals surface area contributed by atoms with Gasteiger partial charge in [0.15, 0.2) is 5.49 Å². The van der Waals surface area contributed by atoms with E-state index in [2.05, 4.69) is 20.3 Å². The molecule has 1 aromatic carbocycles. The fraction of sp³-hybridized carbons (Fsp3) is 0.333. The summed E-state index contributed by atoms with van der Waals surface area (Å²) in [6.07, 6.45) is -1.09. The average molecular weight is 509 g/mol. The van der Waals surface area contributed by atoms with Crippen molar-refractivity contribution in [1.29, 1.82) is 0 Å². The minimum atomic E-state index is -2.92. The van der Waals surface area contributed by atoms with Gasteiger partial charge >= 0.3 is 0 Å². The normalized spacial score (nSPS) is 14.5. The first-order valence-electron chi connectivity index (χ1n) is 12.1. The van der Waals surface area contributed by atoms with Crippen molar-refractivity contribution < 1.29 is 13.2 Å². The molecule has 1 N–H and O–H groups in total. The van der Waals surface area contributed by atoms with Crippen molar-refractivity contribution >= 4 is 5.82 Å². The Bertz CT molecular complexity index is 1590. The molecule has 3 aliphatic heterocycles. The molecular weight excluding hydrogens is 481 g/mol. The maximum atomic E-state index is 14.9. The summed E-state index contributed by atoms with van der Waals surface area (Å²) in [5.74, 6) is 1.07. The molecule has 0 bridgehead atoms. The summed E-state index contributed by atoms with van der Waals surface area (Å²) in [7, 11) is 0. The minimum absolute atomic E-state index is 0.0159. The number of nitrogens with one attached hydrogen (secondary N) is 1. The highest BCUT2D eigenvalue weighted by molar-refractivity contribution is 5.82. The van der Waals surface area contributed by atoms with Crippen LogP contribution in [0, 0.1) is 12.7 Å². The molecule has 1 atom stereocenters. The van der Waals surface area contributed by atoms with Crippen LogP contribution in [0.4, 0.5) is 19.0 Å². The SMILES string of the molecule is Cc1nc2n3c(c(-c4ccc(=O)n(C(C)C)c4)cc-2c(=N[C@H](C)c2cccc(C(F)F)c2F)n1)NCC3. The first kappa shape index (κ1) is 24.7. The number of benzene rings is 1. The van der Waals surface area contributed by atoms with Crippen LogP contribution in [-0.4, -0.2) is 25.6 Å². The standard InChI is InChI=1S/C27H27F3N6O/c1-14(2)36-13-17(8-9-22(36)37)20-12-21-25(33-16(4)34-27(21)35-11-10-31-26(20)35)32-15(3)18-6-5-7-19(23(18)28)24(29)30/h5-9,12-15,24,31H,10-11H2,1-4H3/t15-/m1/s1. The Morgan fingerprint density at radius 3 is 2.54 bits per heavy atom. The van der Waals surface area contributed by atoms with E-state index in [0.29, 0.717) is 35.8 Å². The van der Waals surface area contributed by atoms with Gasteiger partial charge < -0.3 is 14.5 Å². The van der Waals surface area contributed by atoms with Crippen LogP contribution in [0.2, 0.25) is 0 Å². The lowest BCUT2D eigenvalue weighted by Crippen LogP contribution is -2.22. The Morgan fingerprint density at radius 1 is 1.05 bits per heavy atom. The second-order valence-corrected chi connectivity index (χ2v) is 9.43. The third-order valence-corrected chi connectivity index (χ3v) is 6.58. The highest BCUT2D eigenvalue weighted by Gasteiger charge is 2.25. The number of aromatic nitrogens is 4. The molecule has 0 fully saturated rings. The number of halogens is 3. The lowest BCUT2D eigenvalue weighted by atomic mass is 10.0. The first-order valence-corrected chi connectivity index (χ1v) is 12.1. The van der Waals surface area contributed by atoms with E-state index in [1.165, 1.54) is 12.1 Å². The second-order valence-electron chi connectivity index (χ2n) is 9.43. The molecule has 4 heterocycles. The zero-order valence-corrected chi connectivity index (χ0v) is 21.0. The molecule has 0 aliphatic carbocycles. The molecule has 2 aromatic rings. The third kappa shape index (κ3) is 4.41. The van der Waals surface area contributed by atoms with Crippen molar-refractivity contribution in [2.45, 2.75) is 52.7 Å². The van der Waals surface area contributed by atoms with Gasteiger partial charge in [0.1, 0.15) is 23.3 Å². The van der Waals surface area contributed by atoms with E-state index in [0.717, 1.165) is 23.0 Å². The highest BCUT2D eigenvalue weighted by atomic mass is 19.3. The van der Waals surface area contributed by atoms with E-state index in [9.17, 15) is 18.0 Å². The van der Waals surface area contributed by atoms with Gasteiger partial charge in [-0.05, 0) is 39.8 Å². The maximum Gasteiger partial charge on any atom is 0.266 e. The smallest absolute Gasteiger partial charge is 0.266 e. The van der Waals surface area contributed by atoms with E-state index in [1.54, 1.807) is 30.5 Å². The largest absolute Gasteiger partial charge is 0.369 e. The highest BCUT2D eigenvalue weighted by Crippen LogP contribution is 2.36. The van der Waals surface area contributed by atoms with Crippen molar-refractivity contribution in [1.82, 2.24) is 19.1 Å². The summed E-state index contributed by atoms with van der Waals surface area (Å²) in [6, 6.07) is 8.41. The van der Waals surface area contributed by atoms with E-state index >= 15 is 0 Å². The van der Waals surface area contributed by atoms with E-state index < -0.39 is 23.8 Å². The molecule has 1 aromatic heterocycles. The predicted molar refractivity (Wildman–Crippen MR) is 135 cm³/mol. The van der Waals surface area contributed by atoms with Crippen molar-refractivity contribution in [2.24, 2.45) is 4.99 Å². The number of hydrogen-bond acceptors (Lipinski definition) is 5. The number of pyridine rings is 2. The number of alkyl halides is 2. The van der Waals surface area contributed by atoms with Gasteiger partial charge in [-0.3, -0.25) is 9.79 Å². The van der Waals surface area contributed by atoms with Crippen molar-refractivity contribution in [3.8, 4) is 22.5 Å². The Hall–Kier alpha value is -3.95. The molecule has 3 aliphatic rings. The molecule has 0 spiro atoms. The second kappa shape index (κ2) is 9.49. The van der Waals surface area contributed by atoms with E-state index in [4.69, 9.17) is 0 Å². The maximum absolute atomic E-state index is 14.9. The quantitative estimate of drug-likeness (QED) is 0.399. The van der Waals surface area contributed by atoms with Crippen LogP contribution in [0.25, 0.3) is 22.5 Å². The number of rotatable bonds is 5. The third-order valence-electron chi connectivity index (χ3n) is 6.58. The molecule has 7 nitrogen and oxygen atoms in total. The van der Waals surface area contributed by atoms with Crippen LogP contribution < -0.4 is 16.4 Å². The van der Waals surface area contributed by atoms with Crippen LogP contribution in [0.5, 0.6) is 0 Å². The number of fused-ring (bicyclic) bond motifs is 3. The zero-order valence-electron chi connectivity index (χ0n) is 21.0. The molecule has 10 heteroatoms. The van der Waals surface area contributed by atoms with Gasteiger partial charge in [-0.1, -0.05) is 18.2 Å². The molecule has 0 saturated carbocycles. The summed E-state index contributed by atoms with van der Waals surface area (Å²) in [5.41, 5.74) is 2.01. The molecular formula is C27H27F3N6O. The van der Waals surface area contributed by atoms with Gasteiger partial charge in [-0.2, -0.15) is 0 Å². The van der Waals surface area contributed by atoms with Crippen LogP contribution >= 0.6 is 0 Å². The van der Waals surface area contributed by atoms with E-state index in [1.807, 2.05) is 30.7 Å². The summed E-state index contributed by atoms with van der Waals surface area (Å²) < 4.78 is 45.1. The number of anilines is 1. The Morgan fingerprint density at radius 2 is 1.81 bits per heavy atom. The van der Waals surface area contributed by atoms with Gasteiger partial charge in [0.05, 0.1) is 17.2 Å². The Kier molecular flexibility index (Phi) is 6.35. The molecule has 0 radical (unpaired) electrons. The molecule has 0 unspecified atom stereocenters. The number of hydrogen-bond donors (Lipinski definition) is 1. The van der Waals surface area contributed by atoms with Gasteiger partial charge in [0.2, 0.25) is 0 Å². The van der Waals surface area contributed by atoms with E-state index in [-0.39, 0.29) is 17.2 Å². The first-order chi connectivity index (χ1) is 17.7. The lowest BCUT2D eigenvalue weighted by Gasteiger charge is -2.19. The zero-order chi connectivity index (χ0) is 26.4. The molecule has 192 valence electrons. The summed E-state index contributed by atoms with van der Waals surface area (Å²) >= 11 is 0. The lowest BCUT2D eigenvalue weighted by molar-refractivity contribution is 0.146. The van der Waals surface area contributed by atoms with Gasteiger partial charge in [-0.25, -0.2) is 23.1 Å². The Labute approximate surface area is 211 Å². The van der Waals surface area contributed by atoms with Crippen LogP contribution in [0.15, 0.2) is 52.4 Å². The van der Waals surface area contributed by atoms with Crippen molar-refractivity contribution in [3.05, 3.63) is 81.2 Å². The van der Waals surface area contributed by atoms with Crippen LogP contribution in [0.3, 0.4) is 0 Å². The summed E-state index contributed by atoms with van der Waals surface area (Å²) in [6.45, 7) is 8.66. The van der Waals surface area contributed by atoms with Crippen molar-refractivity contribution in [2.75, 3.05) is 11.9 Å². The minimum Gasteiger partial charge on any atom is -0.369 e. The van der Waals surface area contributed by atoms with Gasteiger partial charge in [-0.15, -0.1) is 0 Å². The monoisotopic (exact) mass is 508 g/mol. The molecule has 0 saturated heterocycles. The molecule has 5 rings (SSSR count).